The number of nitrogens with one attached hydrogen (secondary N) is 2. The van der Waals surface area contributed by atoms with Gasteiger partial charge in [-0.05, 0) is 86.0 Å². The zero-order valence-electron chi connectivity index (χ0n) is 19.3. The highest BCUT2D eigenvalue weighted by atomic mass is 32.1. The van der Waals surface area contributed by atoms with E-state index in [1.807, 2.05) is 29.2 Å². The van der Waals surface area contributed by atoms with E-state index < -0.39 is 0 Å². The van der Waals surface area contributed by atoms with Crippen molar-refractivity contribution in [1.82, 2.24) is 20.1 Å². The first-order valence-corrected chi connectivity index (χ1v) is 11.9. The summed E-state index contributed by atoms with van der Waals surface area (Å²) >= 11 is 5.71. The van der Waals surface area contributed by atoms with Crippen molar-refractivity contribution in [3.8, 4) is 0 Å². The van der Waals surface area contributed by atoms with Crippen LogP contribution in [0.15, 0.2) is 51.9 Å². The molecule has 2 aromatic heterocycles. The molecule has 0 aliphatic heterocycles. The SMILES string of the molecule is CCc1ccc2[nH]c(=O)c(CN(Cc3ccco3)C(=S)NCCCN(CC)CC)cc2c1. The molecule has 0 fully saturated rings. The summed E-state index contributed by atoms with van der Waals surface area (Å²) in [5.41, 5.74) is 2.69. The van der Waals surface area contributed by atoms with Gasteiger partial charge in [-0.15, -0.1) is 0 Å². The van der Waals surface area contributed by atoms with Crippen LogP contribution in [0.2, 0.25) is 0 Å². The van der Waals surface area contributed by atoms with E-state index in [1.54, 1.807) is 6.26 Å². The number of thiocarbonyl (C=S) groups is 1. The van der Waals surface area contributed by atoms with Gasteiger partial charge in [-0.3, -0.25) is 4.79 Å². The van der Waals surface area contributed by atoms with Crippen LogP contribution in [0, 0.1) is 0 Å². The average Bonchev–Trinajstić information content (AvgIpc) is 3.32. The Kier molecular flexibility index (Phi) is 8.88. The number of fused-ring (bicyclic) bond motifs is 1. The van der Waals surface area contributed by atoms with Gasteiger partial charge in [0, 0.05) is 17.6 Å². The summed E-state index contributed by atoms with van der Waals surface area (Å²) < 4.78 is 5.55. The number of nitrogens with zero attached hydrogens (tertiary/aromatic N) is 2. The molecule has 7 heteroatoms. The van der Waals surface area contributed by atoms with Crippen LogP contribution in [0.4, 0.5) is 0 Å². The fourth-order valence-corrected chi connectivity index (χ4v) is 4.02. The van der Waals surface area contributed by atoms with Gasteiger partial charge in [0.05, 0.1) is 19.4 Å². The highest BCUT2D eigenvalue weighted by Gasteiger charge is 2.15. The first-order chi connectivity index (χ1) is 15.5. The fourth-order valence-electron chi connectivity index (χ4n) is 3.78. The maximum Gasteiger partial charge on any atom is 0.253 e. The number of hydrogen-bond donors (Lipinski definition) is 2. The minimum absolute atomic E-state index is 0.0875. The molecule has 2 N–H and O–H groups in total. The van der Waals surface area contributed by atoms with Gasteiger partial charge in [0.25, 0.3) is 5.56 Å². The largest absolute Gasteiger partial charge is 0.467 e. The van der Waals surface area contributed by atoms with Crippen LogP contribution < -0.4 is 10.9 Å². The van der Waals surface area contributed by atoms with Crippen molar-refractivity contribution < 1.29 is 4.42 Å². The van der Waals surface area contributed by atoms with E-state index in [0.717, 1.165) is 55.7 Å². The van der Waals surface area contributed by atoms with E-state index in [2.05, 4.69) is 48.1 Å². The Bertz CT molecular complexity index is 1060. The van der Waals surface area contributed by atoms with Crippen molar-refractivity contribution in [3.63, 3.8) is 0 Å². The lowest BCUT2D eigenvalue weighted by atomic mass is 10.1. The molecular formula is C25H34N4O2S. The summed E-state index contributed by atoms with van der Waals surface area (Å²) in [7, 11) is 0. The Balaban J connectivity index is 1.74. The summed E-state index contributed by atoms with van der Waals surface area (Å²) in [6.07, 6.45) is 3.62. The second kappa shape index (κ2) is 11.8. The molecule has 1 aromatic carbocycles. The number of benzene rings is 1. The molecule has 32 heavy (non-hydrogen) atoms. The lowest BCUT2D eigenvalue weighted by molar-refractivity contribution is 0.298. The summed E-state index contributed by atoms with van der Waals surface area (Å²) in [5, 5.41) is 5.04. The standard InChI is InChI=1S/C25H34N4O2S/c1-4-19-10-11-23-20(15-19)16-21(24(30)27-23)17-29(18-22-9-7-14-31-22)25(32)26-12-8-13-28(5-2)6-3/h7,9-11,14-16H,4-6,8,12-13,17-18H2,1-3H3,(H,26,32)(H,27,30). The fraction of sp³-hybridized carbons (Fsp3) is 0.440. The van der Waals surface area contributed by atoms with E-state index in [4.69, 9.17) is 16.6 Å². The zero-order chi connectivity index (χ0) is 22.9. The van der Waals surface area contributed by atoms with Crippen LogP contribution in [0.1, 0.15) is 44.1 Å². The smallest absolute Gasteiger partial charge is 0.253 e. The van der Waals surface area contributed by atoms with Crippen LogP contribution in [0.3, 0.4) is 0 Å². The predicted molar refractivity (Wildman–Crippen MR) is 135 cm³/mol. The Morgan fingerprint density at radius 1 is 1.12 bits per heavy atom. The van der Waals surface area contributed by atoms with Crippen molar-refractivity contribution in [2.75, 3.05) is 26.2 Å². The van der Waals surface area contributed by atoms with Gasteiger partial charge in [-0.25, -0.2) is 0 Å². The Morgan fingerprint density at radius 3 is 2.62 bits per heavy atom. The molecular weight excluding hydrogens is 420 g/mol. The van der Waals surface area contributed by atoms with Crippen molar-refractivity contribution in [2.24, 2.45) is 0 Å². The van der Waals surface area contributed by atoms with Gasteiger partial charge >= 0.3 is 0 Å². The number of aromatic amines is 1. The molecule has 0 amide bonds. The summed E-state index contributed by atoms with van der Waals surface area (Å²) in [6, 6.07) is 11.9. The Morgan fingerprint density at radius 2 is 1.94 bits per heavy atom. The molecule has 0 aliphatic rings. The third-order valence-corrected chi connectivity index (χ3v) is 6.19. The van der Waals surface area contributed by atoms with Gasteiger partial charge in [0.2, 0.25) is 0 Å². The lowest BCUT2D eigenvalue weighted by Crippen LogP contribution is -2.41. The second-order valence-corrected chi connectivity index (χ2v) is 8.33. The lowest BCUT2D eigenvalue weighted by Gasteiger charge is -2.25. The maximum atomic E-state index is 12.8. The van der Waals surface area contributed by atoms with E-state index in [-0.39, 0.29) is 5.56 Å². The van der Waals surface area contributed by atoms with Gasteiger partial charge in [0.15, 0.2) is 5.11 Å². The van der Waals surface area contributed by atoms with Crippen molar-refractivity contribution >= 4 is 28.2 Å². The number of pyridine rings is 1. The summed E-state index contributed by atoms with van der Waals surface area (Å²) in [4.78, 5) is 20.2. The second-order valence-electron chi connectivity index (χ2n) is 7.95. The molecule has 2 heterocycles. The third kappa shape index (κ3) is 6.43. The third-order valence-electron chi connectivity index (χ3n) is 5.79. The number of furan rings is 1. The molecule has 0 unspecified atom stereocenters. The van der Waals surface area contributed by atoms with Crippen molar-refractivity contribution in [1.29, 1.82) is 0 Å². The van der Waals surface area contributed by atoms with E-state index in [0.29, 0.717) is 23.8 Å². The summed E-state index contributed by atoms with van der Waals surface area (Å²) in [6.45, 7) is 11.3. The molecule has 0 spiro atoms. The van der Waals surface area contributed by atoms with E-state index in [1.165, 1.54) is 5.56 Å². The molecule has 0 aliphatic carbocycles. The van der Waals surface area contributed by atoms with Crippen LogP contribution in [0.25, 0.3) is 10.9 Å². The predicted octanol–water partition coefficient (Wildman–Crippen LogP) is 4.29. The van der Waals surface area contributed by atoms with Gasteiger partial charge in [-0.2, -0.15) is 0 Å². The quantitative estimate of drug-likeness (QED) is 0.333. The molecule has 6 nitrogen and oxygen atoms in total. The van der Waals surface area contributed by atoms with Crippen molar-refractivity contribution in [3.05, 3.63) is 69.9 Å². The molecule has 0 bridgehead atoms. The van der Waals surface area contributed by atoms with Gasteiger partial charge < -0.3 is 24.5 Å². The van der Waals surface area contributed by atoms with E-state index in [9.17, 15) is 4.79 Å². The maximum absolute atomic E-state index is 12.8. The normalized spacial score (nSPS) is 11.2. The molecule has 172 valence electrons. The highest BCUT2D eigenvalue weighted by molar-refractivity contribution is 7.80. The minimum Gasteiger partial charge on any atom is -0.467 e. The molecule has 0 saturated heterocycles. The first kappa shape index (κ1) is 24.0. The Hall–Kier alpha value is -2.64. The van der Waals surface area contributed by atoms with Crippen LogP contribution in [0.5, 0.6) is 0 Å². The average molecular weight is 455 g/mol. The van der Waals surface area contributed by atoms with Crippen molar-refractivity contribution in [2.45, 2.75) is 46.7 Å². The number of H-pyrrole nitrogens is 1. The molecule has 3 aromatic rings. The van der Waals surface area contributed by atoms with Crippen LogP contribution in [-0.2, 0) is 19.5 Å². The van der Waals surface area contributed by atoms with Gasteiger partial charge in [-0.1, -0.05) is 26.8 Å². The summed E-state index contributed by atoms with van der Waals surface area (Å²) in [5.74, 6) is 0.808. The van der Waals surface area contributed by atoms with Crippen LogP contribution >= 0.6 is 12.2 Å². The first-order valence-electron chi connectivity index (χ1n) is 11.5. The molecule has 0 saturated carbocycles. The zero-order valence-corrected chi connectivity index (χ0v) is 20.1. The van der Waals surface area contributed by atoms with E-state index >= 15 is 0 Å². The molecule has 0 radical (unpaired) electrons. The molecule has 3 rings (SSSR count). The number of rotatable bonds is 11. The molecule has 0 atom stereocenters. The monoisotopic (exact) mass is 454 g/mol. The van der Waals surface area contributed by atoms with Gasteiger partial charge in [0.1, 0.15) is 5.76 Å². The van der Waals surface area contributed by atoms with Crippen LogP contribution in [-0.4, -0.2) is 46.1 Å². The topological polar surface area (TPSA) is 64.5 Å². The number of aryl methyl sites for hydroxylation is 1. The Labute approximate surface area is 195 Å². The highest BCUT2D eigenvalue weighted by Crippen LogP contribution is 2.16. The number of aromatic nitrogens is 1. The minimum atomic E-state index is -0.0875. The number of hydrogen-bond acceptors (Lipinski definition) is 4.